The van der Waals surface area contributed by atoms with Gasteiger partial charge in [0.2, 0.25) is 10.0 Å². The number of rotatable bonds is 4. The summed E-state index contributed by atoms with van der Waals surface area (Å²) >= 11 is 0. The number of hydrogen-bond acceptors (Lipinski definition) is 3. The number of aryl methyl sites for hydroxylation is 2. The summed E-state index contributed by atoms with van der Waals surface area (Å²) in [4.78, 5) is 12.3. The molecule has 0 atom stereocenters. The van der Waals surface area contributed by atoms with E-state index < -0.39 is 10.0 Å². The summed E-state index contributed by atoms with van der Waals surface area (Å²) in [6.45, 7) is 0. The van der Waals surface area contributed by atoms with Crippen molar-refractivity contribution in [3.8, 4) is 0 Å². The van der Waals surface area contributed by atoms with Crippen molar-refractivity contribution >= 4 is 27.3 Å². The van der Waals surface area contributed by atoms with Gasteiger partial charge < -0.3 is 5.32 Å². The first-order chi connectivity index (χ1) is 10.9. The average molecular weight is 330 g/mol. The fraction of sp³-hybridized carbons (Fsp3) is 0.235. The topological polar surface area (TPSA) is 75.3 Å². The Morgan fingerprint density at radius 3 is 2.30 bits per heavy atom. The molecule has 1 aliphatic rings. The lowest BCUT2D eigenvalue weighted by atomic mass is 10.1. The van der Waals surface area contributed by atoms with Crippen molar-refractivity contribution in [2.24, 2.45) is 0 Å². The Morgan fingerprint density at radius 1 is 0.957 bits per heavy atom. The van der Waals surface area contributed by atoms with E-state index in [2.05, 4.69) is 10.0 Å². The maximum absolute atomic E-state index is 12.3. The maximum atomic E-state index is 12.3. The van der Waals surface area contributed by atoms with Gasteiger partial charge in [0.25, 0.3) is 5.91 Å². The van der Waals surface area contributed by atoms with Gasteiger partial charge in [0, 0.05) is 16.9 Å². The number of amides is 1. The van der Waals surface area contributed by atoms with E-state index in [1.165, 1.54) is 11.1 Å². The van der Waals surface area contributed by atoms with Crippen LogP contribution in [0.2, 0.25) is 0 Å². The molecule has 0 unspecified atom stereocenters. The Bertz CT molecular complexity index is 843. The van der Waals surface area contributed by atoms with Crippen molar-refractivity contribution < 1.29 is 13.2 Å². The third-order valence-corrected chi connectivity index (χ3v) is 4.41. The highest BCUT2D eigenvalue weighted by molar-refractivity contribution is 7.92. The van der Waals surface area contributed by atoms with Crippen molar-refractivity contribution in [2.75, 3.05) is 16.3 Å². The zero-order chi connectivity index (χ0) is 16.4. The SMILES string of the molecule is CS(=O)(=O)Nc1ccc(NC(=O)c2ccc3c(c2)CCC3)cc1. The van der Waals surface area contributed by atoms with E-state index in [1.54, 1.807) is 24.3 Å². The number of fused-ring (bicyclic) bond motifs is 1. The van der Waals surface area contributed by atoms with Crippen molar-refractivity contribution in [3.63, 3.8) is 0 Å². The second-order valence-electron chi connectivity index (χ2n) is 5.74. The fourth-order valence-corrected chi connectivity index (χ4v) is 3.32. The van der Waals surface area contributed by atoms with Gasteiger partial charge in [-0.25, -0.2) is 8.42 Å². The molecule has 0 aromatic heterocycles. The van der Waals surface area contributed by atoms with E-state index in [0.29, 0.717) is 16.9 Å². The Labute approximate surface area is 135 Å². The van der Waals surface area contributed by atoms with Crippen molar-refractivity contribution in [3.05, 3.63) is 59.2 Å². The molecule has 6 heteroatoms. The predicted molar refractivity (Wildman–Crippen MR) is 91.3 cm³/mol. The molecule has 120 valence electrons. The van der Waals surface area contributed by atoms with Crippen LogP contribution < -0.4 is 10.0 Å². The zero-order valence-corrected chi connectivity index (χ0v) is 13.6. The highest BCUT2D eigenvalue weighted by atomic mass is 32.2. The second kappa shape index (κ2) is 6.04. The van der Waals surface area contributed by atoms with Gasteiger partial charge in [0.15, 0.2) is 0 Å². The first kappa shape index (κ1) is 15.6. The van der Waals surface area contributed by atoms with Crippen LogP contribution in [0.5, 0.6) is 0 Å². The third kappa shape index (κ3) is 3.90. The zero-order valence-electron chi connectivity index (χ0n) is 12.8. The van der Waals surface area contributed by atoms with Gasteiger partial charge in [-0.05, 0) is 66.8 Å². The summed E-state index contributed by atoms with van der Waals surface area (Å²) in [6.07, 6.45) is 4.36. The number of nitrogens with one attached hydrogen (secondary N) is 2. The molecule has 0 aliphatic heterocycles. The van der Waals surface area contributed by atoms with Crippen LogP contribution in [0.25, 0.3) is 0 Å². The Kier molecular flexibility index (Phi) is 4.09. The van der Waals surface area contributed by atoms with Crippen molar-refractivity contribution in [2.45, 2.75) is 19.3 Å². The first-order valence-electron chi connectivity index (χ1n) is 7.42. The first-order valence-corrected chi connectivity index (χ1v) is 9.31. The molecule has 5 nitrogen and oxygen atoms in total. The monoisotopic (exact) mass is 330 g/mol. The normalized spacial score (nSPS) is 13.4. The standard InChI is InChI=1S/C17H18N2O3S/c1-23(21,22)19-16-9-7-15(8-10-16)18-17(20)14-6-5-12-3-2-4-13(12)11-14/h5-11,19H,2-4H2,1H3,(H,18,20). The molecule has 2 aromatic rings. The molecule has 1 aliphatic carbocycles. The number of anilines is 2. The summed E-state index contributed by atoms with van der Waals surface area (Å²) < 4.78 is 24.7. The van der Waals surface area contributed by atoms with E-state index in [9.17, 15) is 13.2 Å². The van der Waals surface area contributed by atoms with Gasteiger partial charge in [-0.2, -0.15) is 0 Å². The molecule has 2 aromatic carbocycles. The molecule has 0 spiro atoms. The van der Waals surface area contributed by atoms with Gasteiger partial charge in [-0.1, -0.05) is 6.07 Å². The average Bonchev–Trinajstić information content (AvgIpc) is 2.95. The van der Waals surface area contributed by atoms with Gasteiger partial charge in [-0.15, -0.1) is 0 Å². The number of carbonyl (C=O) groups is 1. The number of hydrogen-bond donors (Lipinski definition) is 2. The fourth-order valence-electron chi connectivity index (χ4n) is 2.75. The molecule has 0 bridgehead atoms. The minimum absolute atomic E-state index is 0.163. The van der Waals surface area contributed by atoms with Gasteiger partial charge in [-0.3, -0.25) is 9.52 Å². The lowest BCUT2D eigenvalue weighted by Crippen LogP contribution is -2.13. The predicted octanol–water partition coefficient (Wildman–Crippen LogP) is 2.80. The molecule has 0 radical (unpaired) electrons. The van der Waals surface area contributed by atoms with Gasteiger partial charge in [0.1, 0.15) is 0 Å². The van der Waals surface area contributed by atoms with Crippen molar-refractivity contribution in [1.82, 2.24) is 0 Å². The minimum Gasteiger partial charge on any atom is -0.322 e. The molecule has 23 heavy (non-hydrogen) atoms. The molecular weight excluding hydrogens is 312 g/mol. The maximum Gasteiger partial charge on any atom is 0.255 e. The summed E-state index contributed by atoms with van der Waals surface area (Å²) in [5.74, 6) is -0.163. The quantitative estimate of drug-likeness (QED) is 0.905. The third-order valence-electron chi connectivity index (χ3n) is 3.81. The Hall–Kier alpha value is -2.34. The van der Waals surface area contributed by atoms with Crippen LogP contribution >= 0.6 is 0 Å². The van der Waals surface area contributed by atoms with Crippen LogP contribution in [0.1, 0.15) is 27.9 Å². The van der Waals surface area contributed by atoms with Crippen LogP contribution in [0.3, 0.4) is 0 Å². The number of benzene rings is 2. The highest BCUT2D eigenvalue weighted by Crippen LogP contribution is 2.23. The Balaban J connectivity index is 1.70. The molecule has 0 saturated carbocycles. The molecular formula is C17H18N2O3S. The minimum atomic E-state index is -3.30. The van der Waals surface area contributed by atoms with E-state index in [-0.39, 0.29) is 5.91 Å². The van der Waals surface area contributed by atoms with E-state index in [0.717, 1.165) is 25.5 Å². The number of sulfonamides is 1. The molecule has 1 amide bonds. The largest absolute Gasteiger partial charge is 0.322 e. The summed E-state index contributed by atoms with van der Waals surface area (Å²) in [6, 6.07) is 12.4. The lowest BCUT2D eigenvalue weighted by Gasteiger charge is -2.08. The van der Waals surface area contributed by atoms with Crippen LogP contribution in [0.15, 0.2) is 42.5 Å². The second-order valence-corrected chi connectivity index (χ2v) is 7.49. The van der Waals surface area contributed by atoms with Gasteiger partial charge in [0.05, 0.1) is 6.26 Å². The van der Waals surface area contributed by atoms with Crippen LogP contribution in [-0.4, -0.2) is 20.6 Å². The summed E-state index contributed by atoms with van der Waals surface area (Å²) in [5, 5.41) is 2.82. The summed E-state index contributed by atoms with van der Waals surface area (Å²) in [7, 11) is -3.30. The van der Waals surface area contributed by atoms with E-state index in [1.807, 2.05) is 18.2 Å². The van der Waals surface area contributed by atoms with Crippen LogP contribution in [-0.2, 0) is 22.9 Å². The highest BCUT2D eigenvalue weighted by Gasteiger charge is 2.14. The summed E-state index contributed by atoms with van der Waals surface area (Å²) in [5.41, 5.74) is 4.31. The molecule has 0 heterocycles. The van der Waals surface area contributed by atoms with E-state index in [4.69, 9.17) is 0 Å². The van der Waals surface area contributed by atoms with Crippen molar-refractivity contribution in [1.29, 1.82) is 0 Å². The lowest BCUT2D eigenvalue weighted by molar-refractivity contribution is 0.102. The number of carbonyl (C=O) groups excluding carboxylic acids is 1. The Morgan fingerprint density at radius 2 is 1.61 bits per heavy atom. The molecule has 0 fully saturated rings. The molecule has 0 saturated heterocycles. The van der Waals surface area contributed by atoms with Crippen LogP contribution in [0.4, 0.5) is 11.4 Å². The van der Waals surface area contributed by atoms with Gasteiger partial charge >= 0.3 is 0 Å². The van der Waals surface area contributed by atoms with E-state index >= 15 is 0 Å². The smallest absolute Gasteiger partial charge is 0.255 e. The molecule has 3 rings (SSSR count). The molecule has 2 N–H and O–H groups in total. The van der Waals surface area contributed by atoms with Crippen LogP contribution in [0, 0.1) is 0 Å².